The van der Waals surface area contributed by atoms with E-state index in [1.165, 1.54) is 32.4 Å². The van der Waals surface area contributed by atoms with Gasteiger partial charge in [0, 0.05) is 12.6 Å². The van der Waals surface area contributed by atoms with E-state index in [1.807, 2.05) is 0 Å². The van der Waals surface area contributed by atoms with Crippen LogP contribution in [0.2, 0.25) is 0 Å². The van der Waals surface area contributed by atoms with Gasteiger partial charge in [-0.2, -0.15) is 0 Å². The number of nitrogens with one attached hydrogen (secondary N) is 1. The predicted octanol–water partition coefficient (Wildman–Crippen LogP) is 1.86. The van der Waals surface area contributed by atoms with Gasteiger partial charge >= 0.3 is 0 Å². The quantitative estimate of drug-likeness (QED) is 0.825. The maximum atomic E-state index is 5.61. The Morgan fingerprint density at radius 2 is 2.00 bits per heavy atom. The fourth-order valence-electron chi connectivity index (χ4n) is 2.64. The van der Waals surface area contributed by atoms with Crippen LogP contribution in [-0.2, 0) is 4.74 Å². The molecular formula is C12H25ClN2O. The second-order valence-corrected chi connectivity index (χ2v) is 5.12. The van der Waals surface area contributed by atoms with Gasteiger partial charge in [0.05, 0.1) is 6.61 Å². The molecule has 1 N–H and O–H groups in total. The van der Waals surface area contributed by atoms with Crippen LogP contribution >= 0.6 is 12.4 Å². The molecule has 16 heavy (non-hydrogen) atoms. The van der Waals surface area contributed by atoms with E-state index in [0.717, 1.165) is 19.1 Å². The molecule has 0 aromatic rings. The average molecular weight is 249 g/mol. The van der Waals surface area contributed by atoms with Gasteiger partial charge < -0.3 is 9.64 Å². The Morgan fingerprint density at radius 1 is 1.31 bits per heavy atom. The molecule has 4 heteroatoms. The maximum absolute atomic E-state index is 5.61. The molecule has 2 aliphatic heterocycles. The van der Waals surface area contributed by atoms with Crippen molar-refractivity contribution in [3.63, 3.8) is 0 Å². The van der Waals surface area contributed by atoms with Gasteiger partial charge in [0.1, 0.15) is 6.23 Å². The molecule has 0 bridgehead atoms. The van der Waals surface area contributed by atoms with Crippen molar-refractivity contribution >= 4 is 12.4 Å². The molecule has 0 radical (unpaired) electrons. The van der Waals surface area contributed by atoms with Crippen molar-refractivity contribution in [2.24, 2.45) is 5.92 Å². The van der Waals surface area contributed by atoms with E-state index >= 15 is 0 Å². The summed E-state index contributed by atoms with van der Waals surface area (Å²) in [6, 6.07) is 0.715. The Labute approximate surface area is 105 Å². The highest BCUT2D eigenvalue weighted by molar-refractivity contribution is 5.85. The van der Waals surface area contributed by atoms with Crippen LogP contribution in [0.3, 0.4) is 0 Å². The van der Waals surface area contributed by atoms with E-state index in [4.69, 9.17) is 4.74 Å². The summed E-state index contributed by atoms with van der Waals surface area (Å²) in [5.74, 6) is 0.871. The Balaban J connectivity index is 0.00000128. The molecule has 3 nitrogen and oxygen atoms in total. The van der Waals surface area contributed by atoms with Gasteiger partial charge in [-0.05, 0) is 52.1 Å². The Hall–Kier alpha value is 0.170. The Bertz CT molecular complexity index is 187. The van der Waals surface area contributed by atoms with Gasteiger partial charge in [0.15, 0.2) is 0 Å². The van der Waals surface area contributed by atoms with Crippen LogP contribution in [0.1, 0.15) is 33.1 Å². The molecule has 0 amide bonds. The van der Waals surface area contributed by atoms with Crippen LogP contribution in [0.15, 0.2) is 0 Å². The maximum Gasteiger partial charge on any atom is 0.108 e. The third-order valence-corrected chi connectivity index (χ3v) is 3.72. The van der Waals surface area contributed by atoms with Crippen LogP contribution in [0, 0.1) is 5.92 Å². The van der Waals surface area contributed by atoms with E-state index in [-0.39, 0.29) is 12.4 Å². The molecule has 1 atom stereocenters. The van der Waals surface area contributed by atoms with Crippen LogP contribution in [0.4, 0.5) is 0 Å². The van der Waals surface area contributed by atoms with E-state index in [9.17, 15) is 0 Å². The van der Waals surface area contributed by atoms with Crippen molar-refractivity contribution in [3.8, 4) is 0 Å². The lowest BCUT2D eigenvalue weighted by molar-refractivity contribution is 0.0600. The molecular weight excluding hydrogens is 224 g/mol. The van der Waals surface area contributed by atoms with Crippen LogP contribution in [-0.4, -0.2) is 43.4 Å². The number of ether oxygens (including phenoxy) is 1. The van der Waals surface area contributed by atoms with Crippen molar-refractivity contribution in [3.05, 3.63) is 0 Å². The summed E-state index contributed by atoms with van der Waals surface area (Å²) in [7, 11) is 0. The predicted molar refractivity (Wildman–Crippen MR) is 69.0 cm³/mol. The minimum absolute atomic E-state index is 0. The number of hydrogen-bond donors (Lipinski definition) is 1. The van der Waals surface area contributed by atoms with Crippen molar-refractivity contribution in [1.82, 2.24) is 10.2 Å². The lowest BCUT2D eigenvalue weighted by Crippen LogP contribution is -2.39. The second-order valence-electron chi connectivity index (χ2n) is 5.12. The first-order valence-corrected chi connectivity index (χ1v) is 6.34. The van der Waals surface area contributed by atoms with Gasteiger partial charge in [-0.25, -0.2) is 0 Å². The third kappa shape index (κ3) is 3.88. The molecule has 2 saturated heterocycles. The minimum Gasteiger partial charge on any atom is -0.362 e. The zero-order valence-corrected chi connectivity index (χ0v) is 11.3. The molecule has 0 aliphatic carbocycles. The summed E-state index contributed by atoms with van der Waals surface area (Å²) in [5, 5.41) is 3.40. The Morgan fingerprint density at radius 3 is 2.50 bits per heavy atom. The number of hydrogen-bond acceptors (Lipinski definition) is 3. The molecule has 0 aromatic heterocycles. The highest BCUT2D eigenvalue weighted by Gasteiger charge is 2.25. The first-order valence-electron chi connectivity index (χ1n) is 6.34. The lowest BCUT2D eigenvalue weighted by atomic mass is 9.92. The molecule has 0 saturated carbocycles. The Kier molecular flexibility index (Phi) is 6.05. The second kappa shape index (κ2) is 6.80. The highest BCUT2D eigenvalue weighted by atomic mass is 35.5. The first-order chi connectivity index (χ1) is 7.25. The minimum atomic E-state index is 0. The molecule has 96 valence electrons. The van der Waals surface area contributed by atoms with Crippen molar-refractivity contribution < 1.29 is 4.74 Å². The summed E-state index contributed by atoms with van der Waals surface area (Å²) >= 11 is 0. The molecule has 2 fully saturated rings. The largest absolute Gasteiger partial charge is 0.362 e. The lowest BCUT2D eigenvalue weighted by Gasteiger charge is -2.35. The summed E-state index contributed by atoms with van der Waals surface area (Å²) < 4.78 is 5.61. The molecule has 0 aromatic carbocycles. The molecule has 0 spiro atoms. The zero-order valence-electron chi connectivity index (χ0n) is 10.4. The number of nitrogens with zero attached hydrogens (tertiary/aromatic N) is 1. The van der Waals surface area contributed by atoms with Gasteiger partial charge in [0.2, 0.25) is 0 Å². The summed E-state index contributed by atoms with van der Waals surface area (Å²) in [4.78, 5) is 2.58. The summed E-state index contributed by atoms with van der Waals surface area (Å²) in [6.45, 7) is 9.07. The fraction of sp³-hybridized carbons (Fsp3) is 1.00. The van der Waals surface area contributed by atoms with Crippen LogP contribution in [0.25, 0.3) is 0 Å². The van der Waals surface area contributed by atoms with Crippen molar-refractivity contribution in [2.45, 2.75) is 45.4 Å². The zero-order chi connectivity index (χ0) is 10.7. The monoisotopic (exact) mass is 248 g/mol. The SMILES string of the molecule is CC(C)N1CCC(CC2NCCO2)CC1.Cl. The molecule has 2 aliphatic rings. The van der Waals surface area contributed by atoms with E-state index in [0.29, 0.717) is 12.3 Å². The summed E-state index contributed by atoms with van der Waals surface area (Å²) in [5.41, 5.74) is 0. The van der Waals surface area contributed by atoms with Gasteiger partial charge in [0.25, 0.3) is 0 Å². The number of halogens is 1. The number of likely N-dealkylation sites (tertiary alicyclic amines) is 1. The smallest absolute Gasteiger partial charge is 0.108 e. The normalized spacial score (nSPS) is 28.3. The van der Waals surface area contributed by atoms with Gasteiger partial charge in [-0.1, -0.05) is 0 Å². The summed E-state index contributed by atoms with van der Waals surface area (Å²) in [6.07, 6.45) is 4.26. The number of rotatable bonds is 3. The van der Waals surface area contributed by atoms with E-state index in [1.54, 1.807) is 0 Å². The highest BCUT2D eigenvalue weighted by Crippen LogP contribution is 2.24. The number of piperidine rings is 1. The fourth-order valence-corrected chi connectivity index (χ4v) is 2.64. The molecule has 2 heterocycles. The third-order valence-electron chi connectivity index (χ3n) is 3.72. The van der Waals surface area contributed by atoms with Crippen LogP contribution in [0.5, 0.6) is 0 Å². The first kappa shape index (κ1) is 14.2. The van der Waals surface area contributed by atoms with E-state index < -0.39 is 0 Å². The standard InChI is InChI=1S/C12H24N2O.ClH/c1-10(2)14-6-3-11(4-7-14)9-12-13-5-8-15-12;/h10-13H,3-9H2,1-2H3;1H. The van der Waals surface area contributed by atoms with Crippen LogP contribution < -0.4 is 5.32 Å². The topological polar surface area (TPSA) is 24.5 Å². The van der Waals surface area contributed by atoms with E-state index in [2.05, 4.69) is 24.1 Å². The van der Waals surface area contributed by atoms with Gasteiger partial charge in [-0.3, -0.25) is 5.32 Å². The average Bonchev–Trinajstić information content (AvgIpc) is 2.71. The van der Waals surface area contributed by atoms with Gasteiger partial charge in [-0.15, -0.1) is 12.4 Å². The molecule has 2 rings (SSSR count). The van der Waals surface area contributed by atoms with Crippen molar-refractivity contribution in [2.75, 3.05) is 26.2 Å². The molecule has 1 unspecified atom stereocenters. The van der Waals surface area contributed by atoms with Crippen molar-refractivity contribution in [1.29, 1.82) is 0 Å².